The second-order valence-electron chi connectivity index (χ2n) is 7.35. The van der Waals surface area contributed by atoms with E-state index in [1.165, 1.54) is 11.4 Å². The first-order chi connectivity index (χ1) is 15.9. The molecule has 1 N–H and O–H groups in total. The molecule has 8 nitrogen and oxygen atoms in total. The molecular weight excluding hydrogens is 444 g/mol. The van der Waals surface area contributed by atoms with Crippen LogP contribution < -0.4 is 19.5 Å². The average Bonchev–Trinajstić information content (AvgIpc) is 3.28. The number of carbonyl (C=O) groups excluding carboxylic acids is 1. The quantitative estimate of drug-likeness (QED) is 0.539. The van der Waals surface area contributed by atoms with E-state index in [9.17, 15) is 13.2 Å². The van der Waals surface area contributed by atoms with Gasteiger partial charge in [-0.2, -0.15) is 4.31 Å². The van der Waals surface area contributed by atoms with E-state index < -0.39 is 10.0 Å². The van der Waals surface area contributed by atoms with Crippen molar-refractivity contribution < 1.29 is 27.4 Å². The van der Waals surface area contributed by atoms with Crippen molar-refractivity contribution in [3.05, 3.63) is 77.9 Å². The predicted octanol–water partition coefficient (Wildman–Crippen LogP) is 3.89. The number of sulfonamides is 1. The van der Waals surface area contributed by atoms with E-state index in [0.717, 1.165) is 0 Å². The molecule has 3 aromatic carbocycles. The third-order valence-corrected chi connectivity index (χ3v) is 6.91. The van der Waals surface area contributed by atoms with E-state index in [0.29, 0.717) is 40.7 Å². The number of fused-ring (bicyclic) bond motifs is 1. The third kappa shape index (κ3) is 4.94. The van der Waals surface area contributed by atoms with E-state index in [2.05, 4.69) is 5.32 Å². The zero-order chi connectivity index (χ0) is 23.4. The van der Waals surface area contributed by atoms with Crippen molar-refractivity contribution in [3.63, 3.8) is 0 Å². The second kappa shape index (κ2) is 9.51. The first-order valence-electron chi connectivity index (χ1n) is 10.4. The maximum Gasteiger partial charge on any atom is 0.255 e. The van der Waals surface area contributed by atoms with Gasteiger partial charge in [0.05, 0.1) is 11.5 Å². The van der Waals surface area contributed by atoms with Gasteiger partial charge in [0, 0.05) is 36.5 Å². The summed E-state index contributed by atoms with van der Waals surface area (Å²) in [6.45, 7) is 2.44. The SMILES string of the molecule is CCOc1ccc(C(=O)Nc2ccc3c(c2)OCO3)cc1CN(C)S(=O)(=O)c1ccccc1. The Morgan fingerprint density at radius 1 is 1.03 bits per heavy atom. The maximum absolute atomic E-state index is 12.9. The van der Waals surface area contributed by atoms with Gasteiger partial charge in [-0.3, -0.25) is 4.79 Å². The number of amides is 1. The van der Waals surface area contributed by atoms with Crippen LogP contribution in [0.3, 0.4) is 0 Å². The molecule has 172 valence electrons. The van der Waals surface area contributed by atoms with E-state index in [1.54, 1.807) is 66.7 Å². The summed E-state index contributed by atoms with van der Waals surface area (Å²) in [5.41, 5.74) is 1.51. The maximum atomic E-state index is 12.9. The number of carbonyl (C=O) groups is 1. The number of nitrogens with one attached hydrogen (secondary N) is 1. The summed E-state index contributed by atoms with van der Waals surface area (Å²) in [6, 6.07) is 18.3. The first kappa shape index (κ1) is 22.6. The minimum atomic E-state index is -3.70. The van der Waals surface area contributed by atoms with Crippen LogP contribution in [0.1, 0.15) is 22.8 Å². The Balaban J connectivity index is 1.57. The molecule has 0 unspecified atom stereocenters. The average molecular weight is 469 g/mol. The Morgan fingerprint density at radius 2 is 1.79 bits per heavy atom. The van der Waals surface area contributed by atoms with Crippen molar-refractivity contribution in [1.29, 1.82) is 0 Å². The number of benzene rings is 3. The van der Waals surface area contributed by atoms with Crippen molar-refractivity contribution in [1.82, 2.24) is 4.31 Å². The van der Waals surface area contributed by atoms with Crippen LogP contribution in [-0.4, -0.2) is 39.1 Å². The molecule has 4 rings (SSSR count). The molecule has 0 spiro atoms. The van der Waals surface area contributed by atoms with Crippen molar-refractivity contribution in [3.8, 4) is 17.2 Å². The smallest absolute Gasteiger partial charge is 0.255 e. The van der Waals surface area contributed by atoms with Crippen LogP contribution in [0.5, 0.6) is 17.2 Å². The zero-order valence-corrected chi connectivity index (χ0v) is 19.1. The van der Waals surface area contributed by atoms with Gasteiger partial charge in [-0.05, 0) is 49.4 Å². The van der Waals surface area contributed by atoms with Crippen LogP contribution in [0.25, 0.3) is 0 Å². The van der Waals surface area contributed by atoms with E-state index in [4.69, 9.17) is 14.2 Å². The normalized spacial score (nSPS) is 12.6. The lowest BCUT2D eigenvalue weighted by molar-refractivity contribution is 0.102. The highest BCUT2D eigenvalue weighted by Gasteiger charge is 2.23. The molecule has 0 aromatic heterocycles. The lowest BCUT2D eigenvalue weighted by Crippen LogP contribution is -2.27. The van der Waals surface area contributed by atoms with Crippen LogP contribution in [0.4, 0.5) is 5.69 Å². The Labute approximate surface area is 192 Å². The number of rotatable bonds is 8. The van der Waals surface area contributed by atoms with Gasteiger partial charge in [0.25, 0.3) is 5.91 Å². The molecule has 33 heavy (non-hydrogen) atoms. The van der Waals surface area contributed by atoms with E-state index in [1.807, 2.05) is 6.92 Å². The highest BCUT2D eigenvalue weighted by Crippen LogP contribution is 2.34. The molecule has 0 atom stereocenters. The fourth-order valence-corrected chi connectivity index (χ4v) is 4.59. The molecular formula is C24H24N2O6S. The van der Waals surface area contributed by atoms with Gasteiger partial charge < -0.3 is 19.5 Å². The van der Waals surface area contributed by atoms with Crippen molar-refractivity contribution in [2.75, 3.05) is 25.8 Å². The molecule has 3 aromatic rings. The van der Waals surface area contributed by atoms with Gasteiger partial charge in [0.15, 0.2) is 11.5 Å². The summed E-state index contributed by atoms with van der Waals surface area (Å²) in [5, 5.41) is 2.83. The van der Waals surface area contributed by atoms with Crippen LogP contribution >= 0.6 is 0 Å². The Morgan fingerprint density at radius 3 is 2.55 bits per heavy atom. The van der Waals surface area contributed by atoms with Crippen LogP contribution in [0, 0.1) is 0 Å². The van der Waals surface area contributed by atoms with E-state index >= 15 is 0 Å². The minimum absolute atomic E-state index is 0.0394. The summed E-state index contributed by atoms with van der Waals surface area (Å²) in [7, 11) is -2.21. The highest BCUT2D eigenvalue weighted by molar-refractivity contribution is 7.89. The summed E-state index contributed by atoms with van der Waals surface area (Å²) in [4.78, 5) is 13.1. The number of hydrogen-bond acceptors (Lipinski definition) is 6. The lowest BCUT2D eigenvalue weighted by Gasteiger charge is -2.20. The van der Waals surface area contributed by atoms with Crippen molar-refractivity contribution in [2.24, 2.45) is 0 Å². The predicted molar refractivity (Wildman–Crippen MR) is 123 cm³/mol. The standard InChI is InChI=1S/C24H24N2O6S/c1-3-30-21-11-9-17(24(27)25-19-10-12-22-23(14-19)32-16-31-22)13-18(21)15-26(2)33(28,29)20-7-5-4-6-8-20/h4-14H,3,15-16H2,1-2H3,(H,25,27). The largest absolute Gasteiger partial charge is 0.494 e. The molecule has 1 amide bonds. The van der Waals surface area contributed by atoms with Gasteiger partial charge >= 0.3 is 0 Å². The Kier molecular flexibility index (Phi) is 6.52. The summed E-state index contributed by atoms with van der Waals surface area (Å²) in [5.74, 6) is 1.37. The van der Waals surface area contributed by atoms with Gasteiger partial charge in [-0.1, -0.05) is 18.2 Å². The number of nitrogens with zero attached hydrogens (tertiary/aromatic N) is 1. The molecule has 1 aliphatic heterocycles. The molecule has 0 saturated heterocycles. The highest BCUT2D eigenvalue weighted by atomic mass is 32.2. The molecule has 9 heteroatoms. The number of hydrogen-bond donors (Lipinski definition) is 1. The van der Waals surface area contributed by atoms with Crippen molar-refractivity contribution >= 4 is 21.6 Å². The van der Waals surface area contributed by atoms with Gasteiger partial charge in [0.1, 0.15) is 5.75 Å². The molecule has 1 aliphatic rings. The second-order valence-corrected chi connectivity index (χ2v) is 9.40. The Bertz CT molecular complexity index is 1260. The first-order valence-corrected chi connectivity index (χ1v) is 11.8. The fraction of sp³-hybridized carbons (Fsp3) is 0.208. The molecule has 0 bridgehead atoms. The molecule has 0 fully saturated rings. The molecule has 0 saturated carbocycles. The minimum Gasteiger partial charge on any atom is -0.494 e. The Hall–Kier alpha value is -3.56. The van der Waals surface area contributed by atoms with Crippen molar-refractivity contribution in [2.45, 2.75) is 18.4 Å². The van der Waals surface area contributed by atoms with Gasteiger partial charge in [0.2, 0.25) is 16.8 Å². The van der Waals surface area contributed by atoms with Crippen LogP contribution in [-0.2, 0) is 16.6 Å². The number of anilines is 1. The van der Waals surface area contributed by atoms with Crippen LogP contribution in [0.2, 0.25) is 0 Å². The third-order valence-electron chi connectivity index (χ3n) is 5.10. The molecule has 0 radical (unpaired) electrons. The topological polar surface area (TPSA) is 94.2 Å². The number of ether oxygens (including phenoxy) is 3. The zero-order valence-electron chi connectivity index (χ0n) is 18.3. The lowest BCUT2D eigenvalue weighted by atomic mass is 10.1. The monoisotopic (exact) mass is 468 g/mol. The summed E-state index contributed by atoms with van der Waals surface area (Å²) < 4.78 is 43.4. The van der Waals surface area contributed by atoms with Gasteiger partial charge in [-0.25, -0.2) is 8.42 Å². The summed E-state index contributed by atoms with van der Waals surface area (Å²) in [6.07, 6.45) is 0. The molecule has 1 heterocycles. The fourth-order valence-electron chi connectivity index (χ4n) is 3.42. The van der Waals surface area contributed by atoms with Gasteiger partial charge in [-0.15, -0.1) is 0 Å². The molecule has 0 aliphatic carbocycles. The summed E-state index contributed by atoms with van der Waals surface area (Å²) >= 11 is 0. The van der Waals surface area contributed by atoms with E-state index in [-0.39, 0.29) is 24.1 Å². The van der Waals surface area contributed by atoms with Crippen LogP contribution in [0.15, 0.2) is 71.6 Å².